The van der Waals surface area contributed by atoms with E-state index in [4.69, 9.17) is 20.3 Å². The molecule has 36 heavy (non-hydrogen) atoms. The van der Waals surface area contributed by atoms with E-state index >= 15 is 0 Å². The van der Waals surface area contributed by atoms with Gasteiger partial charge in [-0.25, -0.2) is 9.38 Å². The van der Waals surface area contributed by atoms with Crippen LogP contribution < -0.4 is 10.6 Å². The van der Waals surface area contributed by atoms with Crippen LogP contribution in [0.15, 0.2) is 41.4 Å². The van der Waals surface area contributed by atoms with Crippen molar-refractivity contribution in [3.8, 4) is 0 Å². The molecular weight excluding hydrogens is 467 g/mol. The maximum absolute atomic E-state index is 13.8. The second-order valence-electron chi connectivity index (χ2n) is 8.44. The van der Waals surface area contributed by atoms with Crippen molar-refractivity contribution in [1.82, 2.24) is 10.2 Å². The standard InChI is InChI=1S/C21H25FN4.C4H6O4.CH4O/c1-3-4-16-13-26(10-9-23-16)21-17-11-14(2)5-7-18(17)24-19-8-6-15(22)12-20(19)25-21;5-3(6)1-2-4(7)8;1-2/h5-8,11-12,16,23-24H,3-4,9-10,13H2,1-2H3;1-2H2,(H,5,6)(H,7,8);2H,1H3/t16-;;/m0../s1. The molecule has 5 N–H and O–H groups in total. The van der Waals surface area contributed by atoms with Gasteiger partial charge in [-0.3, -0.25) is 9.59 Å². The number of nitrogens with one attached hydrogen (secondary N) is 2. The van der Waals surface area contributed by atoms with Crippen molar-refractivity contribution in [3.63, 3.8) is 0 Å². The van der Waals surface area contributed by atoms with Gasteiger partial charge in [-0.15, -0.1) is 0 Å². The summed E-state index contributed by atoms with van der Waals surface area (Å²) in [6, 6.07) is 11.6. The van der Waals surface area contributed by atoms with Gasteiger partial charge in [-0.1, -0.05) is 25.0 Å². The zero-order chi connectivity index (χ0) is 26.7. The van der Waals surface area contributed by atoms with E-state index in [1.807, 2.05) is 0 Å². The van der Waals surface area contributed by atoms with Crippen molar-refractivity contribution in [2.45, 2.75) is 45.6 Å². The second-order valence-corrected chi connectivity index (χ2v) is 8.44. The van der Waals surface area contributed by atoms with E-state index in [0.29, 0.717) is 11.7 Å². The number of fused-ring (bicyclic) bond motifs is 2. The third-order valence-electron chi connectivity index (χ3n) is 5.62. The van der Waals surface area contributed by atoms with Crippen LogP contribution in [0.1, 0.15) is 43.7 Å². The summed E-state index contributed by atoms with van der Waals surface area (Å²) in [4.78, 5) is 26.5. The number of carbonyl (C=O) groups is 2. The highest BCUT2D eigenvalue weighted by Crippen LogP contribution is 2.36. The Balaban J connectivity index is 0.000000392. The lowest BCUT2D eigenvalue weighted by Gasteiger charge is -2.36. The van der Waals surface area contributed by atoms with Crippen molar-refractivity contribution < 1.29 is 29.3 Å². The average molecular weight is 503 g/mol. The summed E-state index contributed by atoms with van der Waals surface area (Å²) >= 11 is 0. The Morgan fingerprint density at radius 2 is 1.75 bits per heavy atom. The van der Waals surface area contributed by atoms with Gasteiger partial charge in [0, 0.05) is 50.1 Å². The average Bonchev–Trinajstić information content (AvgIpc) is 3.01. The molecule has 0 amide bonds. The van der Waals surface area contributed by atoms with Crippen LogP contribution >= 0.6 is 0 Å². The van der Waals surface area contributed by atoms with E-state index in [1.165, 1.54) is 17.7 Å². The second kappa shape index (κ2) is 14.2. The Morgan fingerprint density at radius 1 is 1.08 bits per heavy atom. The Kier molecular flexibility index (Phi) is 11.3. The summed E-state index contributed by atoms with van der Waals surface area (Å²) in [7, 11) is 1.00. The number of hydrogen-bond donors (Lipinski definition) is 5. The fourth-order valence-corrected chi connectivity index (χ4v) is 3.99. The summed E-state index contributed by atoms with van der Waals surface area (Å²) in [6.07, 6.45) is 1.71. The van der Waals surface area contributed by atoms with Gasteiger partial charge in [0.05, 0.1) is 24.2 Å². The van der Waals surface area contributed by atoms with Crippen LogP contribution in [0.4, 0.5) is 21.5 Å². The molecule has 2 aliphatic heterocycles. The molecule has 0 aliphatic carbocycles. The number of aliphatic carboxylic acids is 2. The smallest absolute Gasteiger partial charge is 0.303 e. The third-order valence-corrected chi connectivity index (χ3v) is 5.62. The van der Waals surface area contributed by atoms with Crippen molar-refractivity contribution in [3.05, 3.63) is 53.3 Å². The van der Waals surface area contributed by atoms with Crippen molar-refractivity contribution in [2.75, 3.05) is 32.1 Å². The topological polar surface area (TPSA) is 134 Å². The lowest BCUT2D eigenvalue weighted by molar-refractivity contribution is -0.143. The number of aryl methyl sites for hydroxylation is 1. The Morgan fingerprint density at radius 3 is 2.39 bits per heavy atom. The number of benzene rings is 2. The molecule has 0 unspecified atom stereocenters. The van der Waals surface area contributed by atoms with E-state index in [0.717, 1.165) is 62.4 Å². The van der Waals surface area contributed by atoms with Crippen LogP contribution in [0.3, 0.4) is 0 Å². The first-order valence-corrected chi connectivity index (χ1v) is 11.9. The molecule has 2 aromatic rings. The number of aliphatic hydroxyl groups excluding tert-OH is 1. The van der Waals surface area contributed by atoms with Crippen LogP contribution in [0.25, 0.3) is 0 Å². The van der Waals surface area contributed by atoms with E-state index in [2.05, 4.69) is 47.6 Å². The number of aliphatic imine (C=N–C) groups is 1. The maximum Gasteiger partial charge on any atom is 0.303 e. The number of carboxylic acid groups (broad SMARTS) is 2. The lowest BCUT2D eigenvalue weighted by atomic mass is 10.0. The number of hydrogen-bond acceptors (Lipinski definition) is 7. The molecule has 2 heterocycles. The molecule has 10 heteroatoms. The van der Waals surface area contributed by atoms with Gasteiger partial charge in [0.15, 0.2) is 0 Å². The lowest BCUT2D eigenvalue weighted by Crippen LogP contribution is -2.52. The fourth-order valence-electron chi connectivity index (χ4n) is 3.99. The molecule has 1 fully saturated rings. The van der Waals surface area contributed by atoms with Crippen LogP contribution in [0, 0.1) is 12.7 Å². The first kappa shape index (κ1) is 28.7. The van der Waals surface area contributed by atoms with Gasteiger partial charge < -0.3 is 30.9 Å². The van der Waals surface area contributed by atoms with Gasteiger partial charge in [0.1, 0.15) is 11.7 Å². The molecule has 0 radical (unpaired) electrons. The highest BCUT2D eigenvalue weighted by molar-refractivity contribution is 6.07. The fraction of sp³-hybridized carbons (Fsp3) is 0.423. The number of rotatable bonds is 5. The SMILES string of the molecule is CCC[C@H]1CN(C2=Nc3cc(F)ccc3Nc3ccc(C)cc32)CCN1.CO.O=C(O)CCC(=O)O. The van der Waals surface area contributed by atoms with E-state index < -0.39 is 11.9 Å². The van der Waals surface area contributed by atoms with Crippen LogP contribution in [0.2, 0.25) is 0 Å². The molecule has 1 atom stereocenters. The number of nitrogens with zero attached hydrogens (tertiary/aromatic N) is 2. The van der Waals surface area contributed by atoms with Gasteiger partial charge in [0.2, 0.25) is 0 Å². The molecule has 4 rings (SSSR count). The molecule has 0 saturated carbocycles. The van der Waals surface area contributed by atoms with Gasteiger partial charge in [-0.2, -0.15) is 0 Å². The largest absolute Gasteiger partial charge is 0.481 e. The molecule has 0 bridgehead atoms. The third kappa shape index (κ3) is 8.31. The van der Waals surface area contributed by atoms with E-state index in [-0.39, 0.29) is 18.7 Å². The van der Waals surface area contributed by atoms with Crippen LogP contribution in [-0.2, 0) is 9.59 Å². The highest BCUT2D eigenvalue weighted by Gasteiger charge is 2.26. The predicted octanol–water partition coefficient (Wildman–Crippen LogP) is 3.89. The minimum atomic E-state index is -1.08. The number of amidine groups is 1. The van der Waals surface area contributed by atoms with Crippen LogP contribution in [-0.4, -0.2) is 70.8 Å². The first-order valence-electron chi connectivity index (χ1n) is 11.9. The Bertz CT molecular complexity index is 1060. The molecule has 196 valence electrons. The summed E-state index contributed by atoms with van der Waals surface area (Å²) in [5.41, 5.74) is 4.78. The molecule has 2 aliphatic rings. The first-order chi connectivity index (χ1) is 17.3. The number of piperazine rings is 1. The number of anilines is 2. The quantitative estimate of drug-likeness (QED) is 0.416. The molecule has 0 spiro atoms. The summed E-state index contributed by atoms with van der Waals surface area (Å²) < 4.78 is 13.8. The van der Waals surface area contributed by atoms with Gasteiger partial charge >= 0.3 is 11.9 Å². The molecule has 0 aromatic heterocycles. The molecule has 1 saturated heterocycles. The summed E-state index contributed by atoms with van der Waals surface area (Å²) in [6.45, 7) is 7.06. The Labute approximate surface area is 210 Å². The highest BCUT2D eigenvalue weighted by atomic mass is 19.1. The molecular formula is C26H35FN4O5. The summed E-state index contributed by atoms with van der Waals surface area (Å²) in [5.74, 6) is -1.48. The van der Waals surface area contributed by atoms with E-state index in [1.54, 1.807) is 6.07 Å². The molecule has 2 aromatic carbocycles. The minimum absolute atomic E-state index is 0.264. The predicted molar refractivity (Wildman–Crippen MR) is 138 cm³/mol. The zero-order valence-corrected chi connectivity index (χ0v) is 20.9. The number of halogens is 1. The van der Waals surface area contributed by atoms with Crippen molar-refractivity contribution in [2.24, 2.45) is 4.99 Å². The van der Waals surface area contributed by atoms with Gasteiger partial charge in [-0.05, 0) is 37.6 Å². The Hall–Kier alpha value is -3.50. The van der Waals surface area contributed by atoms with Crippen LogP contribution in [0.5, 0.6) is 0 Å². The van der Waals surface area contributed by atoms with E-state index in [9.17, 15) is 14.0 Å². The summed E-state index contributed by atoms with van der Waals surface area (Å²) in [5, 5.41) is 29.8. The normalized spacial score (nSPS) is 15.9. The van der Waals surface area contributed by atoms with Crippen molar-refractivity contribution in [1.29, 1.82) is 0 Å². The minimum Gasteiger partial charge on any atom is -0.481 e. The van der Waals surface area contributed by atoms with Crippen molar-refractivity contribution >= 4 is 34.8 Å². The monoisotopic (exact) mass is 502 g/mol. The van der Waals surface area contributed by atoms with Gasteiger partial charge in [0.25, 0.3) is 0 Å². The zero-order valence-electron chi connectivity index (χ0n) is 20.9. The number of aliphatic hydroxyl groups is 1. The maximum atomic E-state index is 13.8. The molecule has 9 nitrogen and oxygen atoms in total. The number of carboxylic acids is 2.